The summed E-state index contributed by atoms with van der Waals surface area (Å²) in [6.07, 6.45) is -0.337. The molecule has 0 saturated heterocycles. The van der Waals surface area contributed by atoms with Crippen molar-refractivity contribution in [3.63, 3.8) is 0 Å². The van der Waals surface area contributed by atoms with E-state index in [0.29, 0.717) is 5.69 Å². The van der Waals surface area contributed by atoms with Gasteiger partial charge in [0.25, 0.3) is 5.56 Å². The Morgan fingerprint density at radius 2 is 2.29 bits per heavy atom. The van der Waals surface area contributed by atoms with Gasteiger partial charge in [-0.1, -0.05) is 0 Å². The Morgan fingerprint density at radius 1 is 1.71 bits per heavy atom. The molecule has 1 heterocycles. The zero-order valence-electron chi connectivity index (χ0n) is 7.40. The van der Waals surface area contributed by atoms with Crippen molar-refractivity contribution in [1.82, 2.24) is 9.78 Å². The van der Waals surface area contributed by atoms with Crippen molar-refractivity contribution in [2.24, 2.45) is 5.73 Å². The molecule has 0 aliphatic heterocycles. The Hall–Kier alpha value is -1.63. The quantitative estimate of drug-likeness (QED) is 0.561. The Bertz CT molecular complexity index is 446. The van der Waals surface area contributed by atoms with Gasteiger partial charge in [0, 0.05) is 5.69 Å². The molecular weight excluding hydrogens is 206 g/mol. The molecule has 0 aliphatic carbocycles. The third-order valence-corrected chi connectivity index (χ3v) is 1.92. The minimum atomic E-state index is -1.07. The van der Waals surface area contributed by atoms with E-state index in [1.165, 1.54) is 0 Å². The van der Waals surface area contributed by atoms with Crippen molar-refractivity contribution in [1.29, 1.82) is 0 Å². The number of carboxylic acids is 1. The molecule has 76 valence electrons. The van der Waals surface area contributed by atoms with Gasteiger partial charge in [0.05, 0.1) is 12.0 Å². The maximum atomic E-state index is 11.5. The van der Waals surface area contributed by atoms with Crippen LogP contribution in [0.3, 0.4) is 0 Å². The number of hydrogen-bond donors (Lipinski definition) is 3. The Balaban J connectivity index is 3.25. The third-order valence-electron chi connectivity index (χ3n) is 1.74. The normalized spacial score (nSPS) is 10.1. The number of aromatic nitrogens is 2. The molecule has 0 aromatic carbocycles. The topological polar surface area (TPSA) is 101 Å². The van der Waals surface area contributed by atoms with E-state index in [2.05, 4.69) is 17.3 Å². The summed E-state index contributed by atoms with van der Waals surface area (Å²) in [6.45, 7) is 1.59. The lowest BCUT2D eigenvalue weighted by Gasteiger charge is -1.93. The molecule has 0 radical (unpaired) electrons. The molecule has 0 spiro atoms. The standard InChI is InChI=1S/C7H9N3O3S/c1-3-4(2-5(11)12)6(13)10(9-3)7(8)14/h9H,2H2,1H3,(H2,8,14)(H,11,12). The lowest BCUT2D eigenvalue weighted by molar-refractivity contribution is -0.136. The molecule has 1 aromatic heterocycles. The molecule has 0 aliphatic rings. The van der Waals surface area contributed by atoms with E-state index >= 15 is 0 Å². The van der Waals surface area contributed by atoms with E-state index in [9.17, 15) is 9.59 Å². The second kappa shape index (κ2) is 3.62. The molecule has 0 bridgehead atoms. The number of carbonyl (C=O) groups is 1. The molecular formula is C7H9N3O3S. The molecule has 0 unspecified atom stereocenters. The minimum absolute atomic E-state index is 0.130. The highest BCUT2D eigenvalue weighted by Gasteiger charge is 2.14. The average molecular weight is 215 g/mol. The third kappa shape index (κ3) is 1.82. The van der Waals surface area contributed by atoms with Crippen LogP contribution >= 0.6 is 12.2 Å². The van der Waals surface area contributed by atoms with Gasteiger partial charge in [-0.3, -0.25) is 14.7 Å². The number of aryl methyl sites for hydroxylation is 1. The number of carboxylic acid groups (broad SMARTS) is 1. The van der Waals surface area contributed by atoms with Crippen molar-refractivity contribution in [3.8, 4) is 0 Å². The van der Waals surface area contributed by atoms with E-state index in [1.54, 1.807) is 6.92 Å². The fourth-order valence-corrected chi connectivity index (χ4v) is 1.22. The summed E-state index contributed by atoms with van der Waals surface area (Å²) < 4.78 is 0.947. The summed E-state index contributed by atoms with van der Waals surface area (Å²) in [4.78, 5) is 21.9. The first kappa shape index (κ1) is 10.5. The number of aliphatic carboxylic acids is 1. The second-order valence-corrected chi connectivity index (χ2v) is 3.18. The average Bonchev–Trinajstić information content (AvgIpc) is 2.31. The second-order valence-electron chi connectivity index (χ2n) is 2.76. The van der Waals surface area contributed by atoms with Crippen LogP contribution in [0.2, 0.25) is 0 Å². The molecule has 7 heteroatoms. The van der Waals surface area contributed by atoms with Crippen LogP contribution in [-0.4, -0.2) is 26.0 Å². The van der Waals surface area contributed by atoms with Crippen LogP contribution in [0.25, 0.3) is 0 Å². The first-order valence-corrected chi connectivity index (χ1v) is 4.16. The van der Waals surface area contributed by atoms with E-state index < -0.39 is 11.5 Å². The molecule has 1 aromatic rings. The van der Waals surface area contributed by atoms with Crippen LogP contribution in [0.1, 0.15) is 11.3 Å². The molecule has 0 fully saturated rings. The summed E-state index contributed by atoms with van der Waals surface area (Å²) in [5.74, 6) is -1.07. The van der Waals surface area contributed by atoms with Crippen molar-refractivity contribution in [2.45, 2.75) is 13.3 Å². The molecule has 14 heavy (non-hydrogen) atoms. The first-order valence-electron chi connectivity index (χ1n) is 3.75. The van der Waals surface area contributed by atoms with Crippen molar-refractivity contribution < 1.29 is 9.90 Å². The molecule has 0 saturated carbocycles. The number of rotatable bonds is 2. The summed E-state index contributed by atoms with van der Waals surface area (Å²) in [5, 5.41) is 11.0. The van der Waals surface area contributed by atoms with Gasteiger partial charge in [0.15, 0.2) is 5.11 Å². The van der Waals surface area contributed by atoms with E-state index in [4.69, 9.17) is 10.8 Å². The van der Waals surface area contributed by atoms with Crippen LogP contribution in [0.5, 0.6) is 0 Å². The summed E-state index contributed by atoms with van der Waals surface area (Å²) in [5.41, 5.74) is 5.38. The zero-order chi connectivity index (χ0) is 10.9. The number of aromatic amines is 1. The van der Waals surface area contributed by atoms with Gasteiger partial charge in [0.1, 0.15) is 0 Å². The van der Waals surface area contributed by atoms with E-state index in [-0.39, 0.29) is 17.1 Å². The Labute approximate surface area is 84.3 Å². The number of nitrogens with one attached hydrogen (secondary N) is 1. The minimum Gasteiger partial charge on any atom is -0.481 e. The number of hydrogen-bond acceptors (Lipinski definition) is 3. The van der Waals surface area contributed by atoms with Crippen molar-refractivity contribution in [2.75, 3.05) is 0 Å². The summed E-state index contributed by atoms with van der Waals surface area (Å²) in [6, 6.07) is 0. The van der Waals surface area contributed by atoms with Gasteiger partial charge in [-0.25, -0.2) is 0 Å². The van der Waals surface area contributed by atoms with E-state index in [0.717, 1.165) is 4.68 Å². The number of nitrogens with zero attached hydrogens (tertiary/aromatic N) is 1. The van der Waals surface area contributed by atoms with Gasteiger partial charge < -0.3 is 10.8 Å². The smallest absolute Gasteiger partial charge is 0.308 e. The maximum absolute atomic E-state index is 11.5. The number of thiocarbonyl (C=S) groups is 1. The Kier molecular flexibility index (Phi) is 2.70. The highest BCUT2D eigenvalue weighted by atomic mass is 32.1. The summed E-state index contributed by atoms with van der Waals surface area (Å²) in [7, 11) is 0. The van der Waals surface area contributed by atoms with Gasteiger partial charge in [-0.2, -0.15) is 4.68 Å². The van der Waals surface area contributed by atoms with Crippen LogP contribution < -0.4 is 11.3 Å². The lowest BCUT2D eigenvalue weighted by Crippen LogP contribution is -2.31. The maximum Gasteiger partial charge on any atom is 0.308 e. The van der Waals surface area contributed by atoms with Gasteiger partial charge in [-0.15, -0.1) is 0 Å². The molecule has 1 rings (SSSR count). The van der Waals surface area contributed by atoms with Crippen LogP contribution in [-0.2, 0) is 11.2 Å². The molecule has 4 N–H and O–H groups in total. The van der Waals surface area contributed by atoms with Crippen molar-refractivity contribution in [3.05, 3.63) is 21.6 Å². The summed E-state index contributed by atoms with van der Waals surface area (Å²) >= 11 is 4.60. The number of nitrogens with two attached hydrogens (primary N) is 1. The molecule has 6 nitrogen and oxygen atoms in total. The predicted octanol–water partition coefficient (Wildman–Crippen LogP) is -0.796. The van der Waals surface area contributed by atoms with Crippen LogP contribution in [0.15, 0.2) is 4.79 Å². The lowest BCUT2D eigenvalue weighted by atomic mass is 10.2. The van der Waals surface area contributed by atoms with Gasteiger partial charge in [0.2, 0.25) is 0 Å². The van der Waals surface area contributed by atoms with Gasteiger partial charge >= 0.3 is 5.97 Å². The first-order chi connectivity index (χ1) is 6.43. The number of H-pyrrole nitrogens is 1. The highest BCUT2D eigenvalue weighted by molar-refractivity contribution is 7.80. The SMILES string of the molecule is Cc1[nH]n(C(N)=S)c(=O)c1CC(=O)O. The van der Waals surface area contributed by atoms with Crippen LogP contribution in [0.4, 0.5) is 0 Å². The zero-order valence-corrected chi connectivity index (χ0v) is 8.22. The van der Waals surface area contributed by atoms with E-state index in [1.807, 2.05) is 0 Å². The highest BCUT2D eigenvalue weighted by Crippen LogP contribution is 1.99. The fourth-order valence-electron chi connectivity index (χ4n) is 1.10. The predicted molar refractivity (Wildman–Crippen MR) is 53.3 cm³/mol. The van der Waals surface area contributed by atoms with Crippen LogP contribution in [0, 0.1) is 6.92 Å². The van der Waals surface area contributed by atoms with Gasteiger partial charge in [-0.05, 0) is 19.1 Å². The molecule has 0 amide bonds. The fraction of sp³-hybridized carbons (Fsp3) is 0.286. The molecule has 0 atom stereocenters. The van der Waals surface area contributed by atoms with Crippen molar-refractivity contribution >= 4 is 23.3 Å². The largest absolute Gasteiger partial charge is 0.481 e. The Morgan fingerprint density at radius 3 is 2.64 bits per heavy atom. The monoisotopic (exact) mass is 215 g/mol.